The number of aromatic nitrogens is 5. The first kappa shape index (κ1) is 26.0. The van der Waals surface area contributed by atoms with Gasteiger partial charge in [0, 0.05) is 58.6 Å². The largest absolute Gasteiger partial charge is 0.436 e. The van der Waals surface area contributed by atoms with Crippen LogP contribution in [0.5, 0.6) is 0 Å². The molecule has 0 saturated carbocycles. The van der Waals surface area contributed by atoms with Crippen molar-refractivity contribution in [3.63, 3.8) is 0 Å². The quantitative estimate of drug-likeness (QED) is 0.199. The Kier molecular flexibility index (Phi) is 6.03. The van der Waals surface area contributed by atoms with Gasteiger partial charge in [0.05, 0.1) is 16.7 Å². The van der Waals surface area contributed by atoms with E-state index in [-0.39, 0.29) is 0 Å². The Morgan fingerprint density at radius 1 is 0.478 bits per heavy atom. The van der Waals surface area contributed by atoms with Gasteiger partial charge < -0.3 is 8.98 Å². The first-order chi connectivity index (χ1) is 22.8. The second-order valence-electron chi connectivity index (χ2n) is 11.2. The Hall–Kier alpha value is -6.40. The molecule has 216 valence electrons. The zero-order valence-corrected chi connectivity index (χ0v) is 24.6. The molecule has 0 atom stereocenters. The minimum atomic E-state index is 0.584. The van der Waals surface area contributed by atoms with Crippen molar-refractivity contribution in [3.05, 3.63) is 152 Å². The second-order valence-corrected chi connectivity index (χ2v) is 11.2. The van der Waals surface area contributed by atoms with Crippen LogP contribution in [-0.2, 0) is 0 Å². The number of oxazole rings is 1. The van der Waals surface area contributed by atoms with E-state index in [2.05, 4.69) is 86.2 Å². The van der Waals surface area contributed by atoms with E-state index in [0.29, 0.717) is 5.89 Å². The Balaban J connectivity index is 1.24. The number of pyridine rings is 3. The van der Waals surface area contributed by atoms with Crippen LogP contribution in [0.4, 0.5) is 0 Å². The molecule has 9 rings (SSSR count). The first-order valence-corrected chi connectivity index (χ1v) is 15.1. The number of rotatable bonds is 5. The highest BCUT2D eigenvalue weighted by molar-refractivity contribution is 6.11. The van der Waals surface area contributed by atoms with Crippen LogP contribution in [0.3, 0.4) is 0 Å². The molecule has 0 amide bonds. The molecule has 0 spiro atoms. The van der Waals surface area contributed by atoms with Crippen LogP contribution in [0.25, 0.3) is 83.6 Å². The fraction of sp³-hybridized carbons (Fsp3) is 0. The van der Waals surface area contributed by atoms with Gasteiger partial charge in [0.2, 0.25) is 5.89 Å². The smallest absolute Gasteiger partial charge is 0.227 e. The summed E-state index contributed by atoms with van der Waals surface area (Å²) in [6.45, 7) is 0. The van der Waals surface area contributed by atoms with Gasteiger partial charge in [-0.1, -0.05) is 36.4 Å². The van der Waals surface area contributed by atoms with Gasteiger partial charge in [0.15, 0.2) is 5.58 Å². The molecule has 46 heavy (non-hydrogen) atoms. The molecule has 0 aliphatic heterocycles. The molecule has 0 radical (unpaired) electrons. The lowest BCUT2D eigenvalue weighted by Crippen LogP contribution is -1.95. The normalized spacial score (nSPS) is 11.5. The second kappa shape index (κ2) is 10.6. The molecule has 0 bridgehead atoms. The topological polar surface area (TPSA) is 69.6 Å². The lowest BCUT2D eigenvalue weighted by Gasteiger charge is -2.11. The predicted molar refractivity (Wildman–Crippen MR) is 183 cm³/mol. The van der Waals surface area contributed by atoms with Crippen LogP contribution < -0.4 is 0 Å². The van der Waals surface area contributed by atoms with Crippen molar-refractivity contribution in [2.24, 2.45) is 0 Å². The average Bonchev–Trinajstić information content (AvgIpc) is 3.71. The zero-order valence-electron chi connectivity index (χ0n) is 24.6. The lowest BCUT2D eigenvalue weighted by atomic mass is 10.0. The van der Waals surface area contributed by atoms with Gasteiger partial charge in [0.25, 0.3) is 0 Å². The number of hydrogen-bond donors (Lipinski definition) is 0. The van der Waals surface area contributed by atoms with Crippen LogP contribution in [-0.4, -0.2) is 24.5 Å². The number of hydrogen-bond acceptors (Lipinski definition) is 5. The van der Waals surface area contributed by atoms with E-state index in [4.69, 9.17) is 9.40 Å². The lowest BCUT2D eigenvalue weighted by molar-refractivity contribution is 0.620. The summed E-state index contributed by atoms with van der Waals surface area (Å²) in [5, 5.41) is 2.31. The van der Waals surface area contributed by atoms with Gasteiger partial charge in [-0.2, -0.15) is 0 Å². The first-order valence-electron chi connectivity index (χ1n) is 15.1. The molecule has 0 N–H and O–H groups in total. The van der Waals surface area contributed by atoms with Crippen molar-refractivity contribution in [1.29, 1.82) is 0 Å². The van der Waals surface area contributed by atoms with Crippen LogP contribution in [0, 0.1) is 0 Å². The van der Waals surface area contributed by atoms with Gasteiger partial charge >= 0.3 is 0 Å². The molecule has 4 aromatic carbocycles. The standard InChI is InChI=1S/C40H25N5O/c1-2-17-43-35(6-1)30-4-3-5-32(22-30)45-37-12-9-28(26-13-18-41-19-14-26)23-34(37)33-10-7-31(24-38(33)45)40-44-36-11-8-29(25-39(36)46-40)27-15-20-42-21-16-27/h1-25H. The summed E-state index contributed by atoms with van der Waals surface area (Å²) in [6.07, 6.45) is 9.09. The molecule has 5 aromatic heterocycles. The van der Waals surface area contributed by atoms with Crippen molar-refractivity contribution in [1.82, 2.24) is 24.5 Å². The van der Waals surface area contributed by atoms with Crippen LogP contribution in [0.2, 0.25) is 0 Å². The summed E-state index contributed by atoms with van der Waals surface area (Å²) < 4.78 is 8.71. The van der Waals surface area contributed by atoms with Crippen LogP contribution in [0.1, 0.15) is 0 Å². The van der Waals surface area contributed by atoms with Crippen molar-refractivity contribution in [2.45, 2.75) is 0 Å². The molecule has 0 fully saturated rings. The minimum absolute atomic E-state index is 0.584. The SMILES string of the molecule is c1ccc(-c2cccc(-n3c4ccc(-c5ccncc5)cc4c4ccc(-c5nc6ccc(-c7ccncc7)cc6o5)cc43)c2)nc1. The Morgan fingerprint density at radius 2 is 1.24 bits per heavy atom. The predicted octanol–water partition coefficient (Wildman–Crippen LogP) is 9.78. The van der Waals surface area contributed by atoms with Crippen molar-refractivity contribution in [2.75, 3.05) is 0 Å². The molecule has 0 aliphatic rings. The monoisotopic (exact) mass is 591 g/mol. The van der Waals surface area contributed by atoms with E-state index in [1.807, 2.05) is 73.2 Å². The average molecular weight is 592 g/mol. The van der Waals surface area contributed by atoms with Gasteiger partial charge in [0.1, 0.15) is 5.52 Å². The van der Waals surface area contributed by atoms with Gasteiger partial charge in [-0.05, 0) is 107 Å². The van der Waals surface area contributed by atoms with Crippen LogP contribution in [0.15, 0.2) is 157 Å². The van der Waals surface area contributed by atoms with Gasteiger partial charge in [-0.15, -0.1) is 0 Å². The maximum atomic E-state index is 6.39. The van der Waals surface area contributed by atoms with E-state index in [9.17, 15) is 0 Å². The molecule has 9 aromatic rings. The number of benzene rings is 4. The van der Waals surface area contributed by atoms with Crippen molar-refractivity contribution >= 4 is 32.9 Å². The molecule has 0 unspecified atom stereocenters. The van der Waals surface area contributed by atoms with E-state index in [1.165, 1.54) is 5.39 Å². The molecule has 0 aliphatic carbocycles. The Labute approximate surface area is 264 Å². The van der Waals surface area contributed by atoms with Crippen molar-refractivity contribution < 1.29 is 4.42 Å². The van der Waals surface area contributed by atoms with Crippen molar-refractivity contribution in [3.8, 4) is 50.7 Å². The maximum Gasteiger partial charge on any atom is 0.227 e. The minimum Gasteiger partial charge on any atom is -0.436 e. The molecular formula is C40H25N5O. The summed E-state index contributed by atoms with van der Waals surface area (Å²) in [5.74, 6) is 0.584. The molecule has 6 heteroatoms. The third-order valence-electron chi connectivity index (χ3n) is 8.49. The fourth-order valence-corrected chi connectivity index (χ4v) is 6.27. The highest BCUT2D eigenvalue weighted by Crippen LogP contribution is 2.38. The van der Waals surface area contributed by atoms with E-state index < -0.39 is 0 Å². The highest BCUT2D eigenvalue weighted by atomic mass is 16.3. The van der Waals surface area contributed by atoms with E-state index in [0.717, 1.165) is 72.3 Å². The van der Waals surface area contributed by atoms with E-state index in [1.54, 1.807) is 12.4 Å². The summed E-state index contributed by atoms with van der Waals surface area (Å²) in [7, 11) is 0. The maximum absolute atomic E-state index is 6.39. The zero-order chi connectivity index (χ0) is 30.5. The summed E-state index contributed by atoms with van der Waals surface area (Å²) >= 11 is 0. The van der Waals surface area contributed by atoms with Crippen LogP contribution >= 0.6 is 0 Å². The third-order valence-corrected chi connectivity index (χ3v) is 8.49. The fourth-order valence-electron chi connectivity index (χ4n) is 6.27. The highest BCUT2D eigenvalue weighted by Gasteiger charge is 2.17. The Bertz CT molecular complexity index is 2520. The van der Waals surface area contributed by atoms with Gasteiger partial charge in [-0.25, -0.2) is 4.98 Å². The number of nitrogens with zero attached hydrogens (tertiary/aromatic N) is 5. The third kappa shape index (κ3) is 4.43. The molecule has 6 nitrogen and oxygen atoms in total. The molecule has 0 saturated heterocycles. The Morgan fingerprint density at radius 3 is 2.02 bits per heavy atom. The summed E-state index contributed by atoms with van der Waals surface area (Å²) in [4.78, 5) is 17.8. The molecule has 5 heterocycles. The van der Waals surface area contributed by atoms with Gasteiger partial charge in [-0.3, -0.25) is 15.0 Å². The van der Waals surface area contributed by atoms with E-state index >= 15 is 0 Å². The number of fused-ring (bicyclic) bond motifs is 4. The summed E-state index contributed by atoms with van der Waals surface area (Å²) in [6, 6.07) is 41.9. The summed E-state index contributed by atoms with van der Waals surface area (Å²) in [5.41, 5.74) is 12.1. The molecular weight excluding hydrogens is 566 g/mol.